The molecule has 4 N–H and O–H groups in total. The molecule has 21 heavy (non-hydrogen) atoms. The van der Waals surface area contributed by atoms with Crippen molar-refractivity contribution < 1.29 is 19.1 Å². The van der Waals surface area contributed by atoms with Crippen LogP contribution >= 0.6 is 0 Å². The van der Waals surface area contributed by atoms with Crippen molar-refractivity contribution in [1.29, 1.82) is 0 Å². The van der Waals surface area contributed by atoms with E-state index in [1.165, 1.54) is 0 Å². The zero-order chi connectivity index (χ0) is 15.8. The number of ether oxygens (including phenoxy) is 2. The minimum absolute atomic E-state index is 0.220. The van der Waals surface area contributed by atoms with Crippen LogP contribution in [-0.2, 0) is 14.3 Å². The van der Waals surface area contributed by atoms with Crippen LogP contribution in [0.3, 0.4) is 0 Å². The predicted molar refractivity (Wildman–Crippen MR) is 80.6 cm³/mol. The fraction of sp³-hybridized carbons (Fsp3) is 0.333. The third kappa shape index (κ3) is 5.18. The van der Waals surface area contributed by atoms with Crippen LogP contribution in [0.4, 0.5) is 11.4 Å². The molecule has 0 amide bonds. The number of carbonyl (C=O) groups is 2. The predicted octanol–water partition coefficient (Wildman–Crippen LogP) is 1.91. The van der Waals surface area contributed by atoms with E-state index in [1.807, 2.05) is 0 Å². The molecule has 1 aromatic carbocycles. The summed E-state index contributed by atoms with van der Waals surface area (Å²) in [5.74, 6) is -0.932. The van der Waals surface area contributed by atoms with Gasteiger partial charge in [-0.05, 0) is 31.9 Å². The van der Waals surface area contributed by atoms with Crippen molar-refractivity contribution in [3.8, 4) is 0 Å². The Bertz CT molecular complexity index is 540. The molecule has 1 rings (SSSR count). The first-order chi connectivity index (χ1) is 9.93. The van der Waals surface area contributed by atoms with Crippen molar-refractivity contribution >= 4 is 23.3 Å². The molecule has 0 spiro atoms. The maximum absolute atomic E-state index is 11.8. The molecule has 0 fully saturated rings. The summed E-state index contributed by atoms with van der Waals surface area (Å²) in [4.78, 5) is 22.9. The van der Waals surface area contributed by atoms with E-state index in [9.17, 15) is 9.59 Å². The van der Waals surface area contributed by atoms with E-state index in [2.05, 4.69) is 6.58 Å². The lowest BCUT2D eigenvalue weighted by atomic mass is 10.1. The third-order valence-electron chi connectivity index (χ3n) is 2.71. The number of nitrogens with two attached hydrogens (primary N) is 2. The highest BCUT2D eigenvalue weighted by Gasteiger charge is 2.12. The molecule has 0 aliphatic carbocycles. The highest BCUT2D eigenvalue weighted by Crippen LogP contribution is 2.20. The van der Waals surface area contributed by atoms with Gasteiger partial charge in [0.1, 0.15) is 0 Å². The summed E-state index contributed by atoms with van der Waals surface area (Å²) in [6, 6.07) is 4.81. The number of unbranched alkanes of at least 4 members (excludes halogenated alkanes) is 1. The smallest absolute Gasteiger partial charge is 0.340 e. The Labute approximate surface area is 123 Å². The number of hydrogen-bond acceptors (Lipinski definition) is 6. The van der Waals surface area contributed by atoms with Gasteiger partial charge < -0.3 is 20.9 Å². The second-order valence-electron chi connectivity index (χ2n) is 4.57. The topological polar surface area (TPSA) is 105 Å². The van der Waals surface area contributed by atoms with E-state index in [4.69, 9.17) is 20.9 Å². The molecule has 0 heterocycles. The van der Waals surface area contributed by atoms with Crippen molar-refractivity contribution in [1.82, 2.24) is 0 Å². The van der Waals surface area contributed by atoms with Crippen LogP contribution in [0.1, 0.15) is 30.1 Å². The maximum Gasteiger partial charge on any atom is 0.340 e. The van der Waals surface area contributed by atoms with Gasteiger partial charge in [-0.1, -0.05) is 12.6 Å². The van der Waals surface area contributed by atoms with Gasteiger partial charge in [0.2, 0.25) is 0 Å². The first kappa shape index (κ1) is 16.6. The minimum Gasteiger partial charge on any atom is -0.462 e. The first-order valence-corrected chi connectivity index (χ1v) is 6.57. The molecule has 1 aromatic rings. The van der Waals surface area contributed by atoms with E-state index >= 15 is 0 Å². The van der Waals surface area contributed by atoms with Crippen LogP contribution in [0.5, 0.6) is 0 Å². The quantitative estimate of drug-likeness (QED) is 0.344. The Morgan fingerprint density at radius 2 is 1.76 bits per heavy atom. The Hall–Kier alpha value is -2.50. The zero-order valence-corrected chi connectivity index (χ0v) is 12.1. The van der Waals surface area contributed by atoms with Crippen LogP contribution in [0.15, 0.2) is 30.4 Å². The van der Waals surface area contributed by atoms with E-state index in [0.29, 0.717) is 24.1 Å². The third-order valence-corrected chi connectivity index (χ3v) is 2.71. The standard InChI is InChI=1S/C15H20N2O4/c1-10(2)14(18)20-8-3-4-9-21-15(19)11-6-5-7-12(16)13(11)17/h5-7H,1,3-4,8-9,16-17H2,2H3. The normalized spacial score (nSPS) is 9.95. The van der Waals surface area contributed by atoms with Gasteiger partial charge in [0.05, 0.1) is 30.2 Å². The molecular weight excluding hydrogens is 272 g/mol. The van der Waals surface area contributed by atoms with Crippen LogP contribution in [0, 0.1) is 0 Å². The van der Waals surface area contributed by atoms with Crippen LogP contribution < -0.4 is 11.5 Å². The van der Waals surface area contributed by atoms with E-state index < -0.39 is 11.9 Å². The molecule has 0 saturated heterocycles. The summed E-state index contributed by atoms with van der Waals surface area (Å²) in [7, 11) is 0. The van der Waals surface area contributed by atoms with Crippen LogP contribution in [0.25, 0.3) is 0 Å². The number of nitrogen functional groups attached to an aromatic ring is 2. The van der Waals surface area contributed by atoms with Crippen molar-refractivity contribution in [3.05, 3.63) is 35.9 Å². The van der Waals surface area contributed by atoms with Gasteiger partial charge in [0.15, 0.2) is 0 Å². The molecule has 0 atom stereocenters. The van der Waals surface area contributed by atoms with E-state index in [0.717, 1.165) is 0 Å². The molecule has 0 aliphatic heterocycles. The van der Waals surface area contributed by atoms with Gasteiger partial charge in [-0.15, -0.1) is 0 Å². The molecule has 0 radical (unpaired) electrons. The van der Waals surface area contributed by atoms with Crippen molar-refractivity contribution in [2.45, 2.75) is 19.8 Å². The van der Waals surface area contributed by atoms with E-state index in [-0.39, 0.29) is 24.5 Å². The van der Waals surface area contributed by atoms with Gasteiger partial charge in [0, 0.05) is 5.57 Å². The van der Waals surface area contributed by atoms with Crippen LogP contribution in [-0.4, -0.2) is 25.2 Å². The number of rotatable bonds is 7. The van der Waals surface area contributed by atoms with Gasteiger partial charge in [-0.25, -0.2) is 9.59 Å². The molecule has 0 unspecified atom stereocenters. The van der Waals surface area contributed by atoms with Gasteiger partial charge in [0.25, 0.3) is 0 Å². The maximum atomic E-state index is 11.8. The summed E-state index contributed by atoms with van der Waals surface area (Å²) in [6.45, 7) is 5.55. The first-order valence-electron chi connectivity index (χ1n) is 6.57. The fourth-order valence-electron chi connectivity index (χ4n) is 1.50. The Morgan fingerprint density at radius 1 is 1.14 bits per heavy atom. The lowest BCUT2D eigenvalue weighted by Gasteiger charge is -2.08. The molecule has 6 heteroatoms. The number of carbonyl (C=O) groups excluding carboxylic acids is 2. The van der Waals surface area contributed by atoms with E-state index in [1.54, 1.807) is 25.1 Å². The SMILES string of the molecule is C=C(C)C(=O)OCCCCOC(=O)c1cccc(N)c1N. The summed E-state index contributed by atoms with van der Waals surface area (Å²) in [5.41, 5.74) is 12.5. The molecule has 114 valence electrons. The van der Waals surface area contributed by atoms with Crippen molar-refractivity contribution in [2.75, 3.05) is 24.7 Å². The largest absolute Gasteiger partial charge is 0.462 e. The lowest BCUT2D eigenvalue weighted by Crippen LogP contribution is -2.11. The summed E-state index contributed by atoms with van der Waals surface area (Å²) < 4.78 is 10.0. The summed E-state index contributed by atoms with van der Waals surface area (Å²) >= 11 is 0. The fourth-order valence-corrected chi connectivity index (χ4v) is 1.50. The monoisotopic (exact) mass is 292 g/mol. The number of anilines is 2. The van der Waals surface area contributed by atoms with Crippen molar-refractivity contribution in [3.63, 3.8) is 0 Å². The van der Waals surface area contributed by atoms with Gasteiger partial charge in [-0.3, -0.25) is 0 Å². The molecule has 0 aliphatic rings. The van der Waals surface area contributed by atoms with Crippen LogP contribution in [0.2, 0.25) is 0 Å². The number of esters is 2. The second-order valence-corrected chi connectivity index (χ2v) is 4.57. The average Bonchev–Trinajstić information content (AvgIpc) is 2.44. The lowest BCUT2D eigenvalue weighted by molar-refractivity contribution is -0.139. The highest BCUT2D eigenvalue weighted by molar-refractivity contribution is 5.97. The molecule has 0 aromatic heterocycles. The zero-order valence-electron chi connectivity index (χ0n) is 12.1. The molecule has 0 saturated carbocycles. The second kappa shape index (κ2) is 7.94. The van der Waals surface area contributed by atoms with Gasteiger partial charge in [-0.2, -0.15) is 0 Å². The summed E-state index contributed by atoms with van der Waals surface area (Å²) in [5, 5.41) is 0. The van der Waals surface area contributed by atoms with Crippen molar-refractivity contribution in [2.24, 2.45) is 0 Å². The average molecular weight is 292 g/mol. The number of para-hydroxylation sites is 1. The summed E-state index contributed by atoms with van der Waals surface area (Å²) in [6.07, 6.45) is 1.18. The number of benzene rings is 1. The Balaban J connectivity index is 2.27. The molecule has 0 bridgehead atoms. The number of hydrogen-bond donors (Lipinski definition) is 2. The Morgan fingerprint density at radius 3 is 2.38 bits per heavy atom. The minimum atomic E-state index is -0.515. The Kier molecular flexibility index (Phi) is 6.26. The molecular formula is C15H20N2O4. The van der Waals surface area contributed by atoms with Gasteiger partial charge >= 0.3 is 11.9 Å². The highest BCUT2D eigenvalue weighted by atomic mass is 16.5. The molecule has 6 nitrogen and oxygen atoms in total.